The second-order valence-corrected chi connectivity index (χ2v) is 8.32. The van der Waals surface area contributed by atoms with E-state index in [-0.39, 0.29) is 17.3 Å². The lowest BCUT2D eigenvalue weighted by atomic mass is 10.1. The zero-order chi connectivity index (χ0) is 24.9. The summed E-state index contributed by atoms with van der Waals surface area (Å²) < 4.78 is 6.76. The van der Waals surface area contributed by atoms with Crippen molar-refractivity contribution in [2.45, 2.75) is 12.8 Å². The first-order chi connectivity index (χ1) is 17.6. The molecule has 180 valence electrons. The number of hydrogen-bond acceptors (Lipinski definition) is 6. The summed E-state index contributed by atoms with van der Waals surface area (Å²) in [7, 11) is 1.61. The highest BCUT2D eigenvalue weighted by Crippen LogP contribution is 2.28. The number of carbonyl (C=O) groups is 1. The van der Waals surface area contributed by atoms with Crippen LogP contribution in [-0.4, -0.2) is 40.4 Å². The fourth-order valence-electron chi connectivity index (χ4n) is 4.06. The molecule has 0 saturated heterocycles. The van der Waals surface area contributed by atoms with Crippen molar-refractivity contribution >= 4 is 40.1 Å². The molecule has 3 N–H and O–H groups in total. The molecular weight excluding hydrogens is 452 g/mol. The number of nitrogens with one attached hydrogen (secondary N) is 1. The van der Waals surface area contributed by atoms with Gasteiger partial charge in [0.15, 0.2) is 5.65 Å². The summed E-state index contributed by atoms with van der Waals surface area (Å²) in [6, 6.07) is 25.1. The lowest BCUT2D eigenvalue weighted by Crippen LogP contribution is -2.25. The van der Waals surface area contributed by atoms with Gasteiger partial charge in [-0.25, -0.2) is 9.97 Å². The second-order valence-electron chi connectivity index (χ2n) is 8.32. The predicted molar refractivity (Wildman–Crippen MR) is 143 cm³/mol. The van der Waals surface area contributed by atoms with Crippen LogP contribution in [0.25, 0.3) is 22.2 Å². The van der Waals surface area contributed by atoms with E-state index < -0.39 is 0 Å². The number of aromatic nitrogens is 3. The van der Waals surface area contributed by atoms with E-state index in [1.165, 1.54) is 10.2 Å². The summed E-state index contributed by atoms with van der Waals surface area (Å²) in [4.78, 5) is 22.7. The minimum atomic E-state index is -0.300. The number of carbonyl (C=O) groups excluding carboxylic acids is 1. The highest BCUT2D eigenvalue weighted by molar-refractivity contribution is 6.10. The van der Waals surface area contributed by atoms with Crippen molar-refractivity contribution in [3.63, 3.8) is 0 Å². The Hall–Kier alpha value is -4.72. The Morgan fingerprint density at radius 2 is 1.78 bits per heavy atom. The van der Waals surface area contributed by atoms with E-state index in [1.807, 2.05) is 66.7 Å². The topological polar surface area (TPSA) is 107 Å². The van der Waals surface area contributed by atoms with E-state index in [0.29, 0.717) is 34.5 Å². The predicted octanol–water partition coefficient (Wildman–Crippen LogP) is 4.42. The SMILES string of the molecule is COc1cccc(C=Nn2c(N)c(C(=O)NCCCc3ccccc3)c3nc4ccccc4nc32)c1. The van der Waals surface area contributed by atoms with Crippen LogP contribution in [0.3, 0.4) is 0 Å². The van der Waals surface area contributed by atoms with Gasteiger partial charge in [0.1, 0.15) is 22.6 Å². The van der Waals surface area contributed by atoms with Crippen molar-refractivity contribution in [2.75, 3.05) is 19.4 Å². The number of benzene rings is 3. The zero-order valence-corrected chi connectivity index (χ0v) is 19.9. The van der Waals surface area contributed by atoms with Gasteiger partial charge < -0.3 is 15.8 Å². The molecule has 36 heavy (non-hydrogen) atoms. The van der Waals surface area contributed by atoms with E-state index in [2.05, 4.69) is 22.6 Å². The molecule has 0 fully saturated rings. The number of ether oxygens (including phenoxy) is 1. The minimum absolute atomic E-state index is 0.181. The molecule has 0 aliphatic carbocycles. The summed E-state index contributed by atoms with van der Waals surface area (Å²) in [6.07, 6.45) is 3.32. The Morgan fingerprint density at radius 1 is 1.03 bits per heavy atom. The highest BCUT2D eigenvalue weighted by atomic mass is 16.5. The van der Waals surface area contributed by atoms with E-state index in [1.54, 1.807) is 13.3 Å². The number of aryl methyl sites for hydroxylation is 1. The number of para-hydroxylation sites is 2. The number of hydrogen-bond donors (Lipinski definition) is 2. The molecule has 0 atom stereocenters. The molecule has 3 aromatic carbocycles. The van der Waals surface area contributed by atoms with E-state index in [9.17, 15) is 4.79 Å². The van der Waals surface area contributed by atoms with Gasteiger partial charge in [0.05, 0.1) is 24.4 Å². The van der Waals surface area contributed by atoms with E-state index in [0.717, 1.165) is 18.4 Å². The summed E-state index contributed by atoms with van der Waals surface area (Å²) in [5, 5.41) is 7.54. The fraction of sp³-hybridized carbons (Fsp3) is 0.143. The third-order valence-electron chi connectivity index (χ3n) is 5.89. The van der Waals surface area contributed by atoms with Crippen LogP contribution >= 0.6 is 0 Å². The number of rotatable bonds is 8. The molecule has 0 unspecified atom stereocenters. The van der Waals surface area contributed by atoms with E-state index in [4.69, 9.17) is 20.4 Å². The Labute approximate surface area is 208 Å². The first kappa shape index (κ1) is 23.0. The number of nitrogen functional groups attached to an aromatic ring is 1. The van der Waals surface area contributed by atoms with Gasteiger partial charge in [-0.2, -0.15) is 9.78 Å². The molecule has 2 heterocycles. The summed E-state index contributed by atoms with van der Waals surface area (Å²) in [5.74, 6) is 0.594. The smallest absolute Gasteiger partial charge is 0.257 e. The third kappa shape index (κ3) is 4.74. The second kappa shape index (κ2) is 10.3. The number of nitrogens with two attached hydrogens (primary N) is 1. The van der Waals surface area contributed by atoms with Crippen LogP contribution in [0.1, 0.15) is 27.9 Å². The normalized spacial score (nSPS) is 11.4. The number of fused-ring (bicyclic) bond motifs is 2. The van der Waals surface area contributed by atoms with Crippen molar-refractivity contribution in [2.24, 2.45) is 5.10 Å². The monoisotopic (exact) mass is 478 g/mol. The lowest BCUT2D eigenvalue weighted by Gasteiger charge is -2.06. The molecule has 0 radical (unpaired) electrons. The molecule has 0 bridgehead atoms. The first-order valence-corrected chi connectivity index (χ1v) is 11.7. The quantitative estimate of drug-likeness (QED) is 0.254. The van der Waals surface area contributed by atoms with Gasteiger partial charge in [0, 0.05) is 6.54 Å². The highest BCUT2D eigenvalue weighted by Gasteiger charge is 2.23. The number of anilines is 1. The Kier molecular flexibility index (Phi) is 6.57. The molecule has 8 nitrogen and oxygen atoms in total. The minimum Gasteiger partial charge on any atom is -0.497 e. The number of methoxy groups -OCH3 is 1. The Morgan fingerprint density at radius 3 is 2.56 bits per heavy atom. The molecule has 5 aromatic rings. The van der Waals surface area contributed by atoms with Crippen molar-refractivity contribution in [1.29, 1.82) is 0 Å². The molecule has 0 aliphatic rings. The maximum atomic E-state index is 13.3. The molecule has 0 saturated carbocycles. The third-order valence-corrected chi connectivity index (χ3v) is 5.89. The maximum Gasteiger partial charge on any atom is 0.257 e. The molecule has 0 aliphatic heterocycles. The van der Waals surface area contributed by atoms with Crippen LogP contribution < -0.4 is 15.8 Å². The van der Waals surface area contributed by atoms with Crippen LogP contribution in [0.4, 0.5) is 5.82 Å². The molecule has 8 heteroatoms. The van der Waals surface area contributed by atoms with Crippen LogP contribution in [0.5, 0.6) is 5.75 Å². The maximum absolute atomic E-state index is 13.3. The number of nitrogens with zero attached hydrogens (tertiary/aromatic N) is 4. The lowest BCUT2D eigenvalue weighted by molar-refractivity contribution is 0.0955. The molecule has 0 spiro atoms. The van der Waals surface area contributed by atoms with Gasteiger partial charge >= 0.3 is 0 Å². The van der Waals surface area contributed by atoms with Gasteiger partial charge in [0.2, 0.25) is 0 Å². The van der Waals surface area contributed by atoms with Crippen LogP contribution in [0.15, 0.2) is 84.0 Å². The van der Waals surface area contributed by atoms with Crippen LogP contribution in [0, 0.1) is 0 Å². The Bertz CT molecular complexity index is 1560. The fourth-order valence-corrected chi connectivity index (χ4v) is 4.06. The van der Waals surface area contributed by atoms with Gasteiger partial charge in [-0.1, -0.05) is 54.6 Å². The van der Waals surface area contributed by atoms with Gasteiger partial charge in [-0.05, 0) is 48.2 Å². The molecule has 2 aromatic heterocycles. The summed E-state index contributed by atoms with van der Waals surface area (Å²) in [5.41, 5.74) is 11.0. The van der Waals surface area contributed by atoms with Gasteiger partial charge in [-0.3, -0.25) is 4.79 Å². The van der Waals surface area contributed by atoms with Crippen molar-refractivity contribution < 1.29 is 9.53 Å². The van der Waals surface area contributed by atoms with Crippen molar-refractivity contribution in [3.05, 3.63) is 95.6 Å². The molecule has 5 rings (SSSR count). The standard InChI is InChI=1S/C28H26N6O2/c1-36-21-13-7-11-20(17-21)18-31-34-26(29)24(25-27(34)33-23-15-6-5-14-22(23)32-25)28(35)30-16-8-12-19-9-3-2-4-10-19/h2-7,9-11,13-15,17-18H,8,12,16,29H2,1H3,(H,30,35). The number of amides is 1. The Balaban J connectivity index is 1.47. The summed E-state index contributed by atoms with van der Waals surface area (Å²) in [6.45, 7) is 0.508. The van der Waals surface area contributed by atoms with E-state index >= 15 is 0 Å². The summed E-state index contributed by atoms with van der Waals surface area (Å²) >= 11 is 0. The average molecular weight is 479 g/mol. The first-order valence-electron chi connectivity index (χ1n) is 11.7. The van der Waals surface area contributed by atoms with Gasteiger partial charge in [0.25, 0.3) is 5.91 Å². The zero-order valence-electron chi connectivity index (χ0n) is 19.9. The average Bonchev–Trinajstić information content (AvgIpc) is 3.19. The van der Waals surface area contributed by atoms with Gasteiger partial charge in [-0.15, -0.1) is 0 Å². The molecular formula is C28H26N6O2. The van der Waals surface area contributed by atoms with Crippen molar-refractivity contribution in [3.8, 4) is 5.75 Å². The van der Waals surface area contributed by atoms with Crippen LogP contribution in [0.2, 0.25) is 0 Å². The van der Waals surface area contributed by atoms with Crippen molar-refractivity contribution in [1.82, 2.24) is 20.0 Å². The van der Waals surface area contributed by atoms with Crippen LogP contribution in [-0.2, 0) is 6.42 Å². The largest absolute Gasteiger partial charge is 0.497 e. The molecule has 1 amide bonds.